The van der Waals surface area contributed by atoms with Gasteiger partial charge in [0.05, 0.1) is 11.3 Å². The lowest BCUT2D eigenvalue weighted by atomic mass is 10.1. The molecule has 1 aliphatic rings. The van der Waals surface area contributed by atoms with Crippen LogP contribution in [0.1, 0.15) is 29.6 Å². The van der Waals surface area contributed by atoms with Crippen molar-refractivity contribution in [3.05, 3.63) is 28.8 Å². The molecule has 0 fully saturated rings. The van der Waals surface area contributed by atoms with Gasteiger partial charge < -0.3 is 10.0 Å². The van der Waals surface area contributed by atoms with E-state index in [0.29, 0.717) is 35.7 Å². The molecule has 1 aromatic carbocycles. The Labute approximate surface area is 114 Å². The lowest BCUT2D eigenvalue weighted by Crippen LogP contribution is -2.30. The van der Waals surface area contributed by atoms with Gasteiger partial charge in [0.15, 0.2) is 0 Å². The van der Waals surface area contributed by atoms with Crippen molar-refractivity contribution in [1.82, 2.24) is 0 Å². The number of aliphatic carboxylic acids is 1. The molecule has 6 heteroatoms. The Morgan fingerprint density at radius 3 is 2.68 bits per heavy atom. The van der Waals surface area contributed by atoms with E-state index >= 15 is 0 Å². The van der Waals surface area contributed by atoms with Crippen LogP contribution in [-0.4, -0.2) is 29.3 Å². The quantitative estimate of drug-likeness (QED) is 0.663. The van der Waals surface area contributed by atoms with Crippen LogP contribution in [0.2, 0.25) is 5.02 Å². The van der Waals surface area contributed by atoms with E-state index in [1.54, 1.807) is 12.1 Å². The van der Waals surface area contributed by atoms with Gasteiger partial charge in [-0.15, -0.1) is 0 Å². The average molecular weight is 282 g/mol. The first-order valence-corrected chi connectivity index (χ1v) is 6.26. The van der Waals surface area contributed by atoms with Gasteiger partial charge in [0.1, 0.15) is 0 Å². The number of halogens is 1. The molecule has 100 valence electrons. The molecule has 0 bridgehead atoms. The molecule has 19 heavy (non-hydrogen) atoms. The molecule has 0 atom stereocenters. The van der Waals surface area contributed by atoms with Gasteiger partial charge in [0, 0.05) is 18.0 Å². The van der Waals surface area contributed by atoms with Crippen LogP contribution in [0.5, 0.6) is 0 Å². The van der Waals surface area contributed by atoms with Crippen molar-refractivity contribution in [3.63, 3.8) is 0 Å². The smallest absolute Gasteiger partial charge is 0.303 e. The van der Waals surface area contributed by atoms with Gasteiger partial charge in [0.25, 0.3) is 11.7 Å². The van der Waals surface area contributed by atoms with Gasteiger partial charge in [-0.25, -0.2) is 0 Å². The van der Waals surface area contributed by atoms with Gasteiger partial charge in [-0.2, -0.15) is 0 Å². The van der Waals surface area contributed by atoms with Gasteiger partial charge in [-0.1, -0.05) is 11.6 Å². The van der Waals surface area contributed by atoms with E-state index in [0.717, 1.165) is 0 Å². The van der Waals surface area contributed by atoms with Crippen LogP contribution >= 0.6 is 11.6 Å². The van der Waals surface area contributed by atoms with Crippen LogP contribution in [0.4, 0.5) is 5.69 Å². The van der Waals surface area contributed by atoms with Gasteiger partial charge in [0.2, 0.25) is 0 Å². The maximum absolute atomic E-state index is 11.8. The molecule has 0 aromatic heterocycles. The zero-order valence-corrected chi connectivity index (χ0v) is 10.8. The fourth-order valence-electron chi connectivity index (χ4n) is 2.04. The Kier molecular flexibility index (Phi) is 3.85. The fourth-order valence-corrected chi connectivity index (χ4v) is 2.20. The zero-order chi connectivity index (χ0) is 14.0. The number of Topliss-reactive ketones (excluding diaryl/α,β-unsaturated/α-hetero) is 1. The molecular formula is C13H12ClNO4. The second-order valence-electron chi connectivity index (χ2n) is 4.30. The first-order chi connectivity index (χ1) is 9.00. The third-order valence-corrected chi connectivity index (χ3v) is 3.19. The molecule has 0 spiro atoms. The minimum Gasteiger partial charge on any atom is -0.481 e. The zero-order valence-electron chi connectivity index (χ0n) is 10.1. The molecule has 1 amide bonds. The number of unbranched alkanes of at least 4 members (excludes halogenated alkanes) is 1. The normalized spacial score (nSPS) is 13.8. The van der Waals surface area contributed by atoms with Crippen molar-refractivity contribution in [3.8, 4) is 0 Å². The standard InChI is InChI=1S/C13H12ClNO4/c14-8-4-5-9-10(7-8)15(13(19)12(9)18)6-2-1-3-11(16)17/h4-5,7H,1-3,6H2,(H,16,17). The van der Waals surface area contributed by atoms with Gasteiger partial charge in [-0.3, -0.25) is 14.4 Å². The number of rotatable bonds is 5. The summed E-state index contributed by atoms with van der Waals surface area (Å²) in [5, 5.41) is 9.00. The number of ketones is 1. The lowest BCUT2D eigenvalue weighted by molar-refractivity contribution is -0.137. The van der Waals surface area contributed by atoms with E-state index in [2.05, 4.69) is 0 Å². The molecule has 0 radical (unpaired) electrons. The first kappa shape index (κ1) is 13.5. The van der Waals surface area contributed by atoms with E-state index in [4.69, 9.17) is 16.7 Å². The number of anilines is 1. The molecule has 0 saturated heterocycles. The summed E-state index contributed by atoms with van der Waals surface area (Å²) in [6.45, 7) is 0.325. The van der Waals surface area contributed by atoms with Crippen LogP contribution < -0.4 is 4.90 Å². The summed E-state index contributed by atoms with van der Waals surface area (Å²) < 4.78 is 0. The molecular weight excluding hydrogens is 270 g/mol. The minimum atomic E-state index is -0.868. The third-order valence-electron chi connectivity index (χ3n) is 2.96. The Bertz CT molecular complexity index is 556. The number of benzene rings is 1. The number of carboxylic acid groups (broad SMARTS) is 1. The van der Waals surface area contributed by atoms with E-state index in [-0.39, 0.29) is 6.42 Å². The number of carbonyl (C=O) groups is 3. The SMILES string of the molecule is O=C(O)CCCCN1C(=O)C(=O)c2ccc(Cl)cc21. The summed E-state index contributed by atoms with van der Waals surface area (Å²) in [5.41, 5.74) is 0.866. The number of amides is 1. The second kappa shape index (κ2) is 5.40. The number of hydrogen-bond donors (Lipinski definition) is 1. The molecule has 2 rings (SSSR count). The summed E-state index contributed by atoms with van der Waals surface area (Å²) >= 11 is 5.86. The first-order valence-electron chi connectivity index (χ1n) is 5.88. The van der Waals surface area contributed by atoms with Crippen molar-refractivity contribution in [1.29, 1.82) is 0 Å². The van der Waals surface area contributed by atoms with Crippen molar-refractivity contribution in [2.24, 2.45) is 0 Å². The molecule has 1 heterocycles. The Hall–Kier alpha value is -1.88. The van der Waals surface area contributed by atoms with Crippen molar-refractivity contribution >= 4 is 34.9 Å². The highest BCUT2D eigenvalue weighted by Gasteiger charge is 2.35. The predicted octanol–water partition coefficient (Wildman–Crippen LogP) is 2.12. The number of nitrogens with zero attached hydrogens (tertiary/aromatic N) is 1. The van der Waals surface area contributed by atoms with Gasteiger partial charge in [-0.05, 0) is 31.0 Å². The van der Waals surface area contributed by atoms with Crippen LogP contribution in [0.15, 0.2) is 18.2 Å². The van der Waals surface area contributed by atoms with Crippen molar-refractivity contribution in [2.75, 3.05) is 11.4 Å². The molecule has 0 unspecified atom stereocenters. The maximum Gasteiger partial charge on any atom is 0.303 e. The third kappa shape index (κ3) is 2.76. The maximum atomic E-state index is 11.8. The molecule has 0 aliphatic carbocycles. The highest BCUT2D eigenvalue weighted by Crippen LogP contribution is 2.31. The summed E-state index contributed by atoms with van der Waals surface area (Å²) in [6, 6.07) is 4.69. The summed E-state index contributed by atoms with van der Waals surface area (Å²) in [4.78, 5) is 35.3. The predicted molar refractivity (Wildman–Crippen MR) is 69.6 cm³/mol. The highest BCUT2D eigenvalue weighted by molar-refractivity contribution is 6.52. The summed E-state index contributed by atoms with van der Waals surface area (Å²) in [7, 11) is 0. The van der Waals surface area contributed by atoms with Gasteiger partial charge >= 0.3 is 5.97 Å². The molecule has 1 aromatic rings. The fraction of sp³-hybridized carbons (Fsp3) is 0.308. The molecule has 1 N–H and O–H groups in total. The Balaban J connectivity index is 2.10. The summed E-state index contributed by atoms with van der Waals surface area (Å²) in [5.74, 6) is -1.98. The van der Waals surface area contributed by atoms with Crippen LogP contribution in [0.25, 0.3) is 0 Å². The number of carboxylic acids is 1. The van der Waals surface area contributed by atoms with E-state index in [9.17, 15) is 14.4 Å². The van der Waals surface area contributed by atoms with Crippen molar-refractivity contribution < 1.29 is 19.5 Å². The molecule has 1 aliphatic heterocycles. The van der Waals surface area contributed by atoms with Crippen LogP contribution in [0.3, 0.4) is 0 Å². The van der Waals surface area contributed by atoms with Crippen molar-refractivity contribution in [2.45, 2.75) is 19.3 Å². The number of fused-ring (bicyclic) bond motifs is 1. The lowest BCUT2D eigenvalue weighted by Gasteiger charge is -2.16. The minimum absolute atomic E-state index is 0.0539. The monoisotopic (exact) mass is 281 g/mol. The van der Waals surface area contributed by atoms with E-state index in [1.165, 1.54) is 11.0 Å². The Morgan fingerprint density at radius 2 is 2.00 bits per heavy atom. The summed E-state index contributed by atoms with van der Waals surface area (Å²) in [6.07, 6.45) is 1.04. The molecule has 0 saturated carbocycles. The van der Waals surface area contributed by atoms with Crippen LogP contribution in [-0.2, 0) is 9.59 Å². The van der Waals surface area contributed by atoms with E-state index < -0.39 is 17.7 Å². The highest BCUT2D eigenvalue weighted by atomic mass is 35.5. The Morgan fingerprint density at radius 1 is 1.26 bits per heavy atom. The van der Waals surface area contributed by atoms with E-state index in [1.807, 2.05) is 0 Å². The largest absolute Gasteiger partial charge is 0.481 e. The topological polar surface area (TPSA) is 74.7 Å². The molecule has 5 nitrogen and oxygen atoms in total. The number of hydrogen-bond acceptors (Lipinski definition) is 3. The van der Waals surface area contributed by atoms with Crippen LogP contribution in [0, 0.1) is 0 Å². The number of carbonyl (C=O) groups excluding carboxylic acids is 2. The average Bonchev–Trinajstić information content (AvgIpc) is 2.58. The second-order valence-corrected chi connectivity index (χ2v) is 4.73.